The number of benzene rings is 1. The van der Waals surface area contributed by atoms with E-state index in [1.807, 2.05) is 0 Å². The summed E-state index contributed by atoms with van der Waals surface area (Å²) in [4.78, 5) is 13.5. The Balaban J connectivity index is 2.31. The minimum Gasteiger partial charge on any atom is -0.496 e. The van der Waals surface area contributed by atoms with Crippen LogP contribution in [0.15, 0.2) is 12.1 Å². The summed E-state index contributed by atoms with van der Waals surface area (Å²) in [6, 6.07) is 3.35. The lowest BCUT2D eigenvalue weighted by molar-refractivity contribution is -0.128. The minimum atomic E-state index is -3.75. The van der Waals surface area contributed by atoms with Gasteiger partial charge in [-0.1, -0.05) is 0 Å². The topological polar surface area (TPSA) is 108 Å². The molecule has 1 aliphatic rings. The summed E-state index contributed by atoms with van der Waals surface area (Å²) in [5, 5.41) is 4.25. The molecule has 0 bridgehead atoms. The van der Waals surface area contributed by atoms with Crippen molar-refractivity contribution >= 4 is 15.9 Å². The van der Waals surface area contributed by atoms with Gasteiger partial charge in [-0.05, 0) is 0 Å². The summed E-state index contributed by atoms with van der Waals surface area (Å²) < 4.78 is 38.7. The molecule has 0 saturated carbocycles. The summed E-state index contributed by atoms with van der Waals surface area (Å²) in [5.41, 5.74) is 0.638. The SMILES string of the molecule is COc1cc(OC)c(CN2CC(S(N)(=O)=O)CC2=O)c(OC)c1. The molecule has 0 aromatic heterocycles. The van der Waals surface area contributed by atoms with Crippen LogP contribution >= 0.6 is 0 Å². The van der Waals surface area contributed by atoms with E-state index in [1.54, 1.807) is 12.1 Å². The quantitative estimate of drug-likeness (QED) is 0.784. The van der Waals surface area contributed by atoms with Crippen molar-refractivity contribution in [3.05, 3.63) is 17.7 Å². The summed E-state index contributed by atoms with van der Waals surface area (Å²) >= 11 is 0. The third-order valence-electron chi connectivity index (χ3n) is 3.81. The molecule has 0 radical (unpaired) electrons. The molecule has 8 nitrogen and oxygen atoms in total. The number of carbonyl (C=O) groups excluding carboxylic acids is 1. The monoisotopic (exact) mass is 344 g/mol. The first-order chi connectivity index (χ1) is 10.8. The van der Waals surface area contributed by atoms with Gasteiger partial charge in [0.2, 0.25) is 15.9 Å². The van der Waals surface area contributed by atoms with Gasteiger partial charge in [0.25, 0.3) is 0 Å². The van der Waals surface area contributed by atoms with E-state index < -0.39 is 15.3 Å². The van der Waals surface area contributed by atoms with Gasteiger partial charge in [-0.25, -0.2) is 13.6 Å². The van der Waals surface area contributed by atoms with E-state index in [-0.39, 0.29) is 25.4 Å². The molecular weight excluding hydrogens is 324 g/mol. The second-order valence-electron chi connectivity index (χ2n) is 5.20. The van der Waals surface area contributed by atoms with Crippen LogP contribution in [-0.2, 0) is 21.4 Å². The van der Waals surface area contributed by atoms with E-state index in [4.69, 9.17) is 19.3 Å². The number of rotatable bonds is 6. The Morgan fingerprint density at radius 1 is 1.17 bits per heavy atom. The first-order valence-corrected chi connectivity index (χ1v) is 8.49. The fourth-order valence-corrected chi connectivity index (χ4v) is 3.30. The van der Waals surface area contributed by atoms with Crippen molar-refractivity contribution in [2.75, 3.05) is 27.9 Å². The highest BCUT2D eigenvalue weighted by atomic mass is 32.2. The van der Waals surface area contributed by atoms with E-state index in [1.165, 1.54) is 26.2 Å². The molecular formula is C14H20N2O6S. The Labute approximate surface area is 135 Å². The molecule has 1 aromatic rings. The lowest BCUT2D eigenvalue weighted by Crippen LogP contribution is -2.32. The Hall–Kier alpha value is -2.00. The van der Waals surface area contributed by atoms with E-state index in [0.717, 1.165) is 0 Å². The van der Waals surface area contributed by atoms with Gasteiger partial charge in [0.05, 0.1) is 33.4 Å². The highest BCUT2D eigenvalue weighted by Crippen LogP contribution is 2.35. The molecule has 1 heterocycles. The number of hydrogen-bond donors (Lipinski definition) is 1. The average molecular weight is 344 g/mol. The number of hydrogen-bond acceptors (Lipinski definition) is 6. The molecule has 0 aliphatic carbocycles. The van der Waals surface area contributed by atoms with Crippen molar-refractivity contribution in [3.63, 3.8) is 0 Å². The normalized spacial score (nSPS) is 18.2. The van der Waals surface area contributed by atoms with Gasteiger partial charge in [-0.15, -0.1) is 0 Å². The molecule has 2 rings (SSSR count). The van der Waals surface area contributed by atoms with Gasteiger partial charge in [-0.3, -0.25) is 4.79 Å². The summed E-state index contributed by atoms with van der Waals surface area (Å²) in [6.07, 6.45) is -0.111. The Bertz CT molecular complexity index is 678. The van der Waals surface area contributed by atoms with E-state index in [2.05, 4.69) is 0 Å². The molecule has 9 heteroatoms. The van der Waals surface area contributed by atoms with Crippen LogP contribution in [0.4, 0.5) is 0 Å². The standard InChI is InChI=1S/C14H20N2O6S/c1-20-9-4-12(21-2)11(13(5-9)22-3)8-16-7-10(6-14(16)17)23(15,18)19/h4-5,10H,6-8H2,1-3H3,(H2,15,18,19). The molecule has 1 amide bonds. The number of primary sulfonamides is 1. The first-order valence-electron chi connectivity index (χ1n) is 6.88. The Morgan fingerprint density at radius 3 is 2.13 bits per heavy atom. The smallest absolute Gasteiger partial charge is 0.224 e. The highest BCUT2D eigenvalue weighted by Gasteiger charge is 2.37. The van der Waals surface area contributed by atoms with Crippen molar-refractivity contribution in [1.29, 1.82) is 0 Å². The molecule has 128 valence electrons. The molecule has 1 fully saturated rings. The molecule has 1 saturated heterocycles. The first kappa shape index (κ1) is 17.4. The van der Waals surface area contributed by atoms with Gasteiger partial charge < -0.3 is 19.1 Å². The third kappa shape index (κ3) is 3.67. The number of nitrogens with two attached hydrogens (primary N) is 1. The van der Waals surface area contributed by atoms with Crippen molar-refractivity contribution in [3.8, 4) is 17.2 Å². The molecule has 1 aliphatic heterocycles. The zero-order valence-electron chi connectivity index (χ0n) is 13.2. The number of nitrogens with zero attached hydrogens (tertiary/aromatic N) is 1. The maximum atomic E-state index is 12.1. The molecule has 1 unspecified atom stereocenters. The number of carbonyl (C=O) groups is 1. The maximum Gasteiger partial charge on any atom is 0.224 e. The molecule has 1 aromatic carbocycles. The predicted molar refractivity (Wildman–Crippen MR) is 83.0 cm³/mol. The van der Waals surface area contributed by atoms with Crippen molar-refractivity contribution in [2.45, 2.75) is 18.2 Å². The van der Waals surface area contributed by atoms with Crippen LogP contribution in [0.5, 0.6) is 17.2 Å². The fraction of sp³-hybridized carbons (Fsp3) is 0.500. The maximum absolute atomic E-state index is 12.1. The second-order valence-corrected chi connectivity index (χ2v) is 7.04. The number of likely N-dealkylation sites (tertiary alicyclic amines) is 1. The van der Waals surface area contributed by atoms with Crippen molar-refractivity contribution < 1.29 is 27.4 Å². The van der Waals surface area contributed by atoms with Crippen LogP contribution in [-0.4, -0.2) is 52.3 Å². The van der Waals surface area contributed by atoms with Gasteiger partial charge in [0, 0.05) is 25.1 Å². The number of ether oxygens (including phenoxy) is 3. The number of methoxy groups -OCH3 is 3. The van der Waals surface area contributed by atoms with E-state index >= 15 is 0 Å². The molecule has 2 N–H and O–H groups in total. The van der Waals surface area contributed by atoms with E-state index in [0.29, 0.717) is 22.8 Å². The Kier molecular flexibility index (Phi) is 5.00. The van der Waals surface area contributed by atoms with Crippen LogP contribution in [0, 0.1) is 0 Å². The number of sulfonamides is 1. The minimum absolute atomic E-state index is 0.0516. The van der Waals surface area contributed by atoms with Crippen LogP contribution in [0.25, 0.3) is 0 Å². The third-order valence-corrected chi connectivity index (χ3v) is 5.05. The van der Waals surface area contributed by atoms with Gasteiger partial charge >= 0.3 is 0 Å². The van der Waals surface area contributed by atoms with Crippen molar-refractivity contribution in [2.24, 2.45) is 5.14 Å². The summed E-state index contributed by atoms with van der Waals surface area (Å²) in [5.74, 6) is 1.27. The van der Waals surface area contributed by atoms with Crippen molar-refractivity contribution in [1.82, 2.24) is 4.90 Å². The zero-order chi connectivity index (χ0) is 17.2. The van der Waals surface area contributed by atoms with Crippen LogP contribution in [0.2, 0.25) is 0 Å². The molecule has 0 spiro atoms. The lowest BCUT2D eigenvalue weighted by Gasteiger charge is -2.21. The summed E-state index contributed by atoms with van der Waals surface area (Å²) in [7, 11) is 0.768. The molecule has 23 heavy (non-hydrogen) atoms. The highest BCUT2D eigenvalue weighted by molar-refractivity contribution is 7.89. The average Bonchev–Trinajstić information content (AvgIpc) is 2.88. The molecule has 1 atom stereocenters. The van der Waals surface area contributed by atoms with Crippen LogP contribution < -0.4 is 19.3 Å². The van der Waals surface area contributed by atoms with Gasteiger partial charge in [0.15, 0.2) is 0 Å². The second kappa shape index (κ2) is 6.63. The van der Waals surface area contributed by atoms with E-state index in [9.17, 15) is 13.2 Å². The zero-order valence-corrected chi connectivity index (χ0v) is 14.1. The fourth-order valence-electron chi connectivity index (χ4n) is 2.53. The largest absolute Gasteiger partial charge is 0.496 e. The van der Waals surface area contributed by atoms with Crippen LogP contribution in [0.1, 0.15) is 12.0 Å². The number of amides is 1. The lowest BCUT2D eigenvalue weighted by atomic mass is 10.1. The van der Waals surface area contributed by atoms with Gasteiger partial charge in [-0.2, -0.15) is 0 Å². The van der Waals surface area contributed by atoms with Crippen LogP contribution in [0.3, 0.4) is 0 Å². The van der Waals surface area contributed by atoms with Gasteiger partial charge in [0.1, 0.15) is 22.5 Å². The summed E-state index contributed by atoms with van der Waals surface area (Å²) in [6.45, 7) is 0.219. The Morgan fingerprint density at radius 2 is 1.74 bits per heavy atom. The predicted octanol–water partition coefficient (Wildman–Crippen LogP) is 0.102.